The highest BCUT2D eigenvalue weighted by atomic mass is 16.5. The van der Waals surface area contributed by atoms with E-state index in [1.54, 1.807) is 6.07 Å². The van der Waals surface area contributed by atoms with E-state index >= 15 is 0 Å². The summed E-state index contributed by atoms with van der Waals surface area (Å²) in [6, 6.07) is 13.3. The summed E-state index contributed by atoms with van der Waals surface area (Å²) in [6.45, 7) is 4.45. The minimum atomic E-state index is -0.0468. The first-order valence-corrected chi connectivity index (χ1v) is 7.85. The zero-order valence-corrected chi connectivity index (χ0v) is 13.6. The number of benzene rings is 2. The molecule has 122 valence electrons. The van der Waals surface area contributed by atoms with Crippen molar-refractivity contribution in [1.82, 2.24) is 0 Å². The van der Waals surface area contributed by atoms with E-state index in [4.69, 9.17) is 4.74 Å². The number of nitrogens with one attached hydrogen (secondary N) is 1. The van der Waals surface area contributed by atoms with E-state index in [1.807, 2.05) is 50.2 Å². The molecule has 4 heteroatoms. The van der Waals surface area contributed by atoms with E-state index in [0.29, 0.717) is 19.4 Å². The van der Waals surface area contributed by atoms with Gasteiger partial charge in [0.15, 0.2) is 0 Å². The summed E-state index contributed by atoms with van der Waals surface area (Å²) in [5.41, 5.74) is 3.54. The van der Waals surface area contributed by atoms with Crippen LogP contribution in [0.1, 0.15) is 30.0 Å². The summed E-state index contributed by atoms with van der Waals surface area (Å²) in [4.78, 5) is 12.2. The maximum Gasteiger partial charge on any atom is 0.224 e. The van der Waals surface area contributed by atoms with Gasteiger partial charge in [-0.05, 0) is 49.1 Å². The molecule has 2 N–H and O–H groups in total. The van der Waals surface area contributed by atoms with Gasteiger partial charge in [-0.15, -0.1) is 0 Å². The number of amides is 1. The molecule has 0 unspecified atom stereocenters. The number of ether oxygens (including phenoxy) is 1. The fraction of sp³-hybridized carbons (Fsp3) is 0.316. The van der Waals surface area contributed by atoms with Crippen molar-refractivity contribution in [3.8, 4) is 5.75 Å². The topological polar surface area (TPSA) is 58.6 Å². The summed E-state index contributed by atoms with van der Waals surface area (Å²) < 4.78 is 5.58. The molecule has 2 rings (SSSR count). The number of rotatable bonds is 7. The summed E-state index contributed by atoms with van der Waals surface area (Å²) in [5.74, 6) is 0.788. The van der Waals surface area contributed by atoms with Gasteiger partial charge in [0.25, 0.3) is 0 Å². The van der Waals surface area contributed by atoms with Gasteiger partial charge in [0.1, 0.15) is 5.75 Å². The molecule has 0 fully saturated rings. The Balaban J connectivity index is 1.98. The normalized spacial score (nSPS) is 10.4. The van der Waals surface area contributed by atoms with Gasteiger partial charge in [-0.1, -0.05) is 30.3 Å². The summed E-state index contributed by atoms with van der Waals surface area (Å²) in [6.07, 6.45) is 1.01. The van der Waals surface area contributed by atoms with Crippen molar-refractivity contribution in [2.45, 2.75) is 33.3 Å². The lowest BCUT2D eigenvalue weighted by molar-refractivity contribution is -0.116. The number of anilines is 1. The van der Waals surface area contributed by atoms with Crippen molar-refractivity contribution in [3.63, 3.8) is 0 Å². The number of carbonyl (C=O) groups is 1. The Hall–Kier alpha value is -2.33. The second-order valence-corrected chi connectivity index (χ2v) is 5.40. The standard InChI is InChI=1S/C19H23NO3/c1-3-23-18-7-5-4-6-16(18)10-11-19(22)20-17-12-15(13-21)9-8-14(17)2/h4-9,12,21H,3,10-11,13H2,1-2H3,(H,20,22). The Bertz CT molecular complexity index is 667. The van der Waals surface area contributed by atoms with Gasteiger partial charge in [0, 0.05) is 12.1 Å². The Morgan fingerprint density at radius 2 is 2.00 bits per heavy atom. The van der Waals surface area contributed by atoms with Crippen LogP contribution in [0.2, 0.25) is 0 Å². The minimum Gasteiger partial charge on any atom is -0.494 e. The highest BCUT2D eigenvalue weighted by Gasteiger charge is 2.08. The van der Waals surface area contributed by atoms with Gasteiger partial charge in [-0.3, -0.25) is 4.79 Å². The fourth-order valence-electron chi connectivity index (χ4n) is 2.37. The average molecular weight is 313 g/mol. The number of aryl methyl sites for hydroxylation is 2. The quantitative estimate of drug-likeness (QED) is 0.823. The minimum absolute atomic E-state index is 0.0368. The molecule has 0 heterocycles. The molecule has 0 saturated carbocycles. The van der Waals surface area contributed by atoms with E-state index in [0.717, 1.165) is 28.1 Å². The second-order valence-electron chi connectivity index (χ2n) is 5.40. The Morgan fingerprint density at radius 1 is 1.22 bits per heavy atom. The first-order chi connectivity index (χ1) is 11.1. The summed E-state index contributed by atoms with van der Waals surface area (Å²) in [7, 11) is 0. The largest absolute Gasteiger partial charge is 0.494 e. The zero-order chi connectivity index (χ0) is 16.7. The van der Waals surface area contributed by atoms with Gasteiger partial charge in [-0.2, -0.15) is 0 Å². The molecule has 0 bridgehead atoms. The lowest BCUT2D eigenvalue weighted by atomic mass is 10.1. The fourth-order valence-corrected chi connectivity index (χ4v) is 2.37. The molecule has 0 aliphatic rings. The highest BCUT2D eigenvalue weighted by Crippen LogP contribution is 2.21. The van der Waals surface area contributed by atoms with Crippen LogP contribution in [0.4, 0.5) is 5.69 Å². The van der Waals surface area contributed by atoms with Crippen LogP contribution >= 0.6 is 0 Å². The molecule has 0 saturated heterocycles. The molecule has 4 nitrogen and oxygen atoms in total. The molecule has 0 radical (unpaired) electrons. The lowest BCUT2D eigenvalue weighted by Crippen LogP contribution is -2.13. The van der Waals surface area contributed by atoms with Crippen LogP contribution in [0.15, 0.2) is 42.5 Å². The van der Waals surface area contributed by atoms with Crippen LogP contribution < -0.4 is 10.1 Å². The first-order valence-electron chi connectivity index (χ1n) is 7.85. The van der Waals surface area contributed by atoms with Crippen molar-refractivity contribution in [3.05, 3.63) is 59.2 Å². The third kappa shape index (κ3) is 4.83. The zero-order valence-electron chi connectivity index (χ0n) is 13.6. The molecule has 2 aromatic rings. The van der Waals surface area contributed by atoms with Crippen molar-refractivity contribution < 1.29 is 14.6 Å². The molecule has 0 aromatic heterocycles. The van der Waals surface area contributed by atoms with Gasteiger partial charge < -0.3 is 15.2 Å². The molecule has 0 spiro atoms. The monoisotopic (exact) mass is 313 g/mol. The van der Waals surface area contributed by atoms with Crippen LogP contribution in [0.5, 0.6) is 5.75 Å². The van der Waals surface area contributed by atoms with Crippen LogP contribution in [-0.2, 0) is 17.8 Å². The van der Waals surface area contributed by atoms with Crippen LogP contribution in [0.25, 0.3) is 0 Å². The molecule has 23 heavy (non-hydrogen) atoms. The smallest absolute Gasteiger partial charge is 0.224 e. The number of aliphatic hydroxyl groups excluding tert-OH is 1. The Morgan fingerprint density at radius 3 is 2.74 bits per heavy atom. The maximum absolute atomic E-state index is 12.2. The number of para-hydroxylation sites is 1. The summed E-state index contributed by atoms with van der Waals surface area (Å²) >= 11 is 0. The van der Waals surface area contributed by atoms with Gasteiger partial charge >= 0.3 is 0 Å². The second kappa shape index (κ2) is 8.34. The van der Waals surface area contributed by atoms with E-state index in [1.165, 1.54) is 0 Å². The average Bonchev–Trinajstić information content (AvgIpc) is 2.56. The van der Waals surface area contributed by atoms with Gasteiger partial charge in [0.05, 0.1) is 13.2 Å². The Kier molecular flexibility index (Phi) is 6.18. The number of aliphatic hydroxyl groups is 1. The van der Waals surface area contributed by atoms with E-state index < -0.39 is 0 Å². The molecule has 1 amide bonds. The molecular weight excluding hydrogens is 290 g/mol. The van der Waals surface area contributed by atoms with Crippen LogP contribution in [-0.4, -0.2) is 17.6 Å². The van der Waals surface area contributed by atoms with E-state index in [-0.39, 0.29) is 12.5 Å². The third-order valence-electron chi connectivity index (χ3n) is 3.65. The van der Waals surface area contributed by atoms with E-state index in [2.05, 4.69) is 5.32 Å². The van der Waals surface area contributed by atoms with Crippen molar-refractivity contribution in [1.29, 1.82) is 0 Å². The van der Waals surface area contributed by atoms with Crippen molar-refractivity contribution >= 4 is 11.6 Å². The lowest BCUT2D eigenvalue weighted by Gasteiger charge is -2.12. The number of hydrogen-bond acceptors (Lipinski definition) is 3. The van der Waals surface area contributed by atoms with Crippen LogP contribution in [0.3, 0.4) is 0 Å². The molecular formula is C19H23NO3. The van der Waals surface area contributed by atoms with Gasteiger partial charge in [-0.25, -0.2) is 0 Å². The molecule has 0 aliphatic carbocycles. The predicted octanol–water partition coefficient (Wildman–Crippen LogP) is 3.46. The van der Waals surface area contributed by atoms with Crippen molar-refractivity contribution in [2.75, 3.05) is 11.9 Å². The van der Waals surface area contributed by atoms with Crippen molar-refractivity contribution in [2.24, 2.45) is 0 Å². The van der Waals surface area contributed by atoms with E-state index in [9.17, 15) is 9.90 Å². The van der Waals surface area contributed by atoms with Crippen LogP contribution in [0, 0.1) is 6.92 Å². The highest BCUT2D eigenvalue weighted by molar-refractivity contribution is 5.91. The SMILES string of the molecule is CCOc1ccccc1CCC(=O)Nc1cc(CO)ccc1C. The molecule has 0 atom stereocenters. The summed E-state index contributed by atoms with van der Waals surface area (Å²) in [5, 5.41) is 12.1. The maximum atomic E-state index is 12.2. The number of hydrogen-bond donors (Lipinski definition) is 2. The third-order valence-corrected chi connectivity index (χ3v) is 3.65. The molecule has 2 aromatic carbocycles. The molecule has 0 aliphatic heterocycles. The van der Waals surface area contributed by atoms with Gasteiger partial charge in [0.2, 0.25) is 5.91 Å². The first kappa shape index (κ1) is 17.0. The number of carbonyl (C=O) groups excluding carboxylic acids is 1. The predicted molar refractivity (Wildman–Crippen MR) is 91.7 cm³/mol. The Labute approximate surface area is 137 Å².